The van der Waals surface area contributed by atoms with Gasteiger partial charge < -0.3 is 14.8 Å². The summed E-state index contributed by atoms with van der Waals surface area (Å²) in [6.07, 6.45) is 1.21. The van der Waals surface area contributed by atoms with E-state index < -0.39 is 36.2 Å². The molecule has 0 radical (unpaired) electrons. The molecule has 12 heteroatoms. The van der Waals surface area contributed by atoms with Crippen molar-refractivity contribution in [2.45, 2.75) is 6.92 Å². The molecule has 1 aliphatic heterocycles. The molecule has 4 rings (SSSR count). The van der Waals surface area contributed by atoms with Crippen molar-refractivity contribution < 1.29 is 33.0 Å². The van der Waals surface area contributed by atoms with Gasteiger partial charge in [-0.2, -0.15) is 0 Å². The summed E-state index contributed by atoms with van der Waals surface area (Å²) in [5.74, 6) is -2.70. The van der Waals surface area contributed by atoms with Gasteiger partial charge in [-0.05, 0) is 72.7 Å². The molecule has 1 fully saturated rings. The summed E-state index contributed by atoms with van der Waals surface area (Å²) < 4.78 is 24.2. The van der Waals surface area contributed by atoms with E-state index in [-0.39, 0.29) is 33.3 Å². The van der Waals surface area contributed by atoms with E-state index in [4.69, 9.17) is 32.7 Å². The Kier molecular flexibility index (Phi) is 8.18. The predicted octanol–water partition coefficient (Wildman–Crippen LogP) is 5.13. The number of urea groups is 1. The average molecular weight is 572 g/mol. The first kappa shape index (κ1) is 27.6. The third-order valence-electron chi connectivity index (χ3n) is 5.55. The largest absolute Gasteiger partial charge is 0.493 e. The quantitative estimate of drug-likeness (QED) is 0.300. The molecule has 200 valence electrons. The van der Waals surface area contributed by atoms with Crippen molar-refractivity contribution >= 4 is 64.4 Å². The second-order valence-electron chi connectivity index (χ2n) is 8.27. The molecular weight excluding hydrogens is 552 g/mol. The van der Waals surface area contributed by atoms with E-state index in [0.717, 1.165) is 17.7 Å². The van der Waals surface area contributed by atoms with Crippen LogP contribution in [0.1, 0.15) is 11.1 Å². The Hall–Kier alpha value is -4.41. The van der Waals surface area contributed by atoms with Gasteiger partial charge in [0, 0.05) is 10.7 Å². The van der Waals surface area contributed by atoms with Crippen LogP contribution in [0.4, 0.5) is 20.6 Å². The van der Waals surface area contributed by atoms with Gasteiger partial charge in [0.15, 0.2) is 18.1 Å². The minimum atomic E-state index is -0.973. The van der Waals surface area contributed by atoms with Crippen LogP contribution in [0.3, 0.4) is 0 Å². The van der Waals surface area contributed by atoms with E-state index in [9.17, 15) is 23.6 Å². The van der Waals surface area contributed by atoms with Gasteiger partial charge in [-0.15, -0.1) is 0 Å². The standard InChI is InChI=1S/C27H20Cl2FN3O6/c1-14-3-6-17(12-20(14)28)31-23(34)13-39-24-21(29)10-15(11-22(24)38-2)9-19-25(35)32-27(37)33(26(19)36)18-7-4-16(30)5-8-18/h3-12H,13H2,1-2H3,(H,31,34)(H,32,35,37)/b19-9+. The van der Waals surface area contributed by atoms with Gasteiger partial charge in [-0.25, -0.2) is 14.1 Å². The summed E-state index contributed by atoms with van der Waals surface area (Å²) in [5.41, 5.74) is 1.32. The van der Waals surface area contributed by atoms with Gasteiger partial charge in [0.05, 0.1) is 17.8 Å². The number of anilines is 2. The van der Waals surface area contributed by atoms with E-state index in [0.29, 0.717) is 15.6 Å². The first-order valence-electron chi connectivity index (χ1n) is 11.3. The maximum Gasteiger partial charge on any atom is 0.335 e. The molecule has 9 nitrogen and oxygen atoms in total. The molecular formula is C27H20Cl2FN3O6. The number of aryl methyl sites for hydroxylation is 1. The van der Waals surface area contributed by atoms with Crippen LogP contribution in [0.2, 0.25) is 10.0 Å². The van der Waals surface area contributed by atoms with Crippen LogP contribution in [0.5, 0.6) is 11.5 Å². The number of nitrogens with one attached hydrogen (secondary N) is 2. The van der Waals surface area contributed by atoms with Crippen molar-refractivity contribution in [2.24, 2.45) is 0 Å². The normalized spacial score (nSPS) is 14.3. The number of hydrogen-bond acceptors (Lipinski definition) is 6. The molecule has 1 aliphatic rings. The van der Waals surface area contributed by atoms with Crippen LogP contribution < -0.4 is 25.0 Å². The molecule has 0 unspecified atom stereocenters. The number of imide groups is 2. The van der Waals surface area contributed by atoms with Gasteiger partial charge in [0.25, 0.3) is 17.7 Å². The number of methoxy groups -OCH3 is 1. The van der Waals surface area contributed by atoms with Crippen LogP contribution in [0.25, 0.3) is 6.08 Å². The molecule has 0 saturated carbocycles. The second-order valence-corrected chi connectivity index (χ2v) is 9.08. The molecule has 2 N–H and O–H groups in total. The maximum atomic E-state index is 13.3. The summed E-state index contributed by atoms with van der Waals surface area (Å²) in [5, 5.41) is 5.27. The summed E-state index contributed by atoms with van der Waals surface area (Å²) in [6, 6.07) is 11.5. The molecule has 1 heterocycles. The van der Waals surface area contributed by atoms with Crippen LogP contribution in [-0.4, -0.2) is 37.5 Å². The smallest absolute Gasteiger partial charge is 0.335 e. The first-order valence-corrected chi connectivity index (χ1v) is 12.1. The van der Waals surface area contributed by atoms with Crippen LogP contribution >= 0.6 is 23.2 Å². The number of benzene rings is 3. The van der Waals surface area contributed by atoms with E-state index in [1.807, 2.05) is 6.92 Å². The lowest BCUT2D eigenvalue weighted by atomic mass is 10.1. The molecule has 0 aliphatic carbocycles. The van der Waals surface area contributed by atoms with Crippen molar-refractivity contribution in [2.75, 3.05) is 23.9 Å². The summed E-state index contributed by atoms with van der Waals surface area (Å²) in [7, 11) is 1.34. The Balaban J connectivity index is 1.54. The van der Waals surface area contributed by atoms with Crippen LogP contribution in [-0.2, 0) is 14.4 Å². The van der Waals surface area contributed by atoms with E-state index in [1.165, 1.54) is 37.5 Å². The van der Waals surface area contributed by atoms with Gasteiger partial charge in [0.2, 0.25) is 0 Å². The summed E-state index contributed by atoms with van der Waals surface area (Å²) in [4.78, 5) is 50.9. The van der Waals surface area contributed by atoms with Crippen LogP contribution in [0, 0.1) is 12.7 Å². The highest BCUT2D eigenvalue weighted by Gasteiger charge is 2.37. The number of amides is 5. The molecule has 0 spiro atoms. The fourth-order valence-corrected chi connectivity index (χ4v) is 4.07. The molecule has 39 heavy (non-hydrogen) atoms. The summed E-state index contributed by atoms with van der Waals surface area (Å²) in [6.45, 7) is 1.43. The fourth-order valence-electron chi connectivity index (χ4n) is 3.62. The molecule has 0 bridgehead atoms. The van der Waals surface area contributed by atoms with E-state index in [2.05, 4.69) is 10.6 Å². The predicted molar refractivity (Wildman–Crippen MR) is 144 cm³/mol. The Morgan fingerprint density at radius 3 is 2.44 bits per heavy atom. The Labute approximate surface area is 232 Å². The van der Waals surface area contributed by atoms with Crippen molar-refractivity contribution in [1.29, 1.82) is 0 Å². The van der Waals surface area contributed by atoms with E-state index in [1.54, 1.807) is 18.2 Å². The Morgan fingerprint density at radius 1 is 1.05 bits per heavy atom. The highest BCUT2D eigenvalue weighted by Crippen LogP contribution is 2.37. The molecule has 1 saturated heterocycles. The van der Waals surface area contributed by atoms with Gasteiger partial charge >= 0.3 is 6.03 Å². The number of carbonyl (C=O) groups excluding carboxylic acids is 4. The first-order chi connectivity index (χ1) is 18.6. The molecule has 5 amide bonds. The van der Waals surface area contributed by atoms with Crippen molar-refractivity contribution in [1.82, 2.24) is 5.32 Å². The molecule has 0 atom stereocenters. The Bertz CT molecular complexity index is 1520. The Morgan fingerprint density at radius 2 is 1.77 bits per heavy atom. The van der Waals surface area contributed by atoms with Crippen molar-refractivity contribution in [3.05, 3.63) is 87.2 Å². The van der Waals surface area contributed by atoms with Crippen molar-refractivity contribution in [3.63, 3.8) is 0 Å². The maximum absolute atomic E-state index is 13.3. The second kappa shape index (κ2) is 11.5. The van der Waals surface area contributed by atoms with Gasteiger partial charge in [0.1, 0.15) is 11.4 Å². The number of barbiturate groups is 1. The SMILES string of the molecule is COc1cc(/C=C2\C(=O)NC(=O)N(c3ccc(F)cc3)C2=O)cc(Cl)c1OCC(=O)Nc1ccc(C)c(Cl)c1. The fraction of sp³-hybridized carbons (Fsp3) is 0.111. The number of rotatable bonds is 7. The zero-order valence-corrected chi connectivity index (χ0v) is 22.0. The highest BCUT2D eigenvalue weighted by molar-refractivity contribution is 6.39. The minimum absolute atomic E-state index is 0.0301. The van der Waals surface area contributed by atoms with Gasteiger partial charge in [-0.1, -0.05) is 29.3 Å². The van der Waals surface area contributed by atoms with Crippen molar-refractivity contribution in [3.8, 4) is 11.5 Å². The lowest BCUT2D eigenvalue weighted by Crippen LogP contribution is -2.54. The lowest BCUT2D eigenvalue weighted by Gasteiger charge is -2.26. The summed E-state index contributed by atoms with van der Waals surface area (Å²) >= 11 is 12.5. The number of nitrogens with zero attached hydrogens (tertiary/aromatic N) is 1. The number of carbonyl (C=O) groups is 4. The zero-order valence-electron chi connectivity index (χ0n) is 20.5. The van der Waals surface area contributed by atoms with Gasteiger partial charge in [-0.3, -0.25) is 19.7 Å². The molecule has 0 aromatic heterocycles. The lowest BCUT2D eigenvalue weighted by molar-refractivity contribution is -0.122. The third kappa shape index (κ3) is 6.19. The minimum Gasteiger partial charge on any atom is -0.493 e. The topological polar surface area (TPSA) is 114 Å². The number of halogens is 3. The third-order valence-corrected chi connectivity index (χ3v) is 6.24. The zero-order chi connectivity index (χ0) is 28.3. The monoisotopic (exact) mass is 571 g/mol. The number of hydrogen-bond donors (Lipinski definition) is 2. The van der Waals surface area contributed by atoms with E-state index >= 15 is 0 Å². The average Bonchev–Trinajstić information content (AvgIpc) is 2.88. The molecule has 3 aromatic rings. The highest BCUT2D eigenvalue weighted by atomic mass is 35.5. The molecule has 3 aromatic carbocycles. The number of ether oxygens (including phenoxy) is 2. The van der Waals surface area contributed by atoms with Crippen LogP contribution in [0.15, 0.2) is 60.2 Å².